The average Bonchev–Trinajstić information content (AvgIpc) is 2.44. The molecule has 0 saturated heterocycles. The normalized spacial score (nSPS) is 10.7. The summed E-state index contributed by atoms with van der Waals surface area (Å²) in [7, 11) is 1.88. The van der Waals surface area contributed by atoms with Crippen LogP contribution in [-0.4, -0.2) is 9.97 Å². The Morgan fingerprint density at radius 1 is 1.20 bits per heavy atom. The minimum absolute atomic E-state index is 0.561. The lowest BCUT2D eigenvalue weighted by molar-refractivity contribution is -0.642. The summed E-state index contributed by atoms with van der Waals surface area (Å²) in [4.78, 5) is 7.70. The number of fused-ring (bicyclic) bond motifs is 1. The first-order valence-electron chi connectivity index (χ1n) is 6.16. The Labute approximate surface area is 121 Å². The van der Waals surface area contributed by atoms with Crippen LogP contribution >= 0.6 is 12.2 Å². The number of aromatic amines is 1. The van der Waals surface area contributed by atoms with Gasteiger partial charge in [-0.2, -0.15) is 0 Å². The maximum absolute atomic E-state index is 5.87. The summed E-state index contributed by atoms with van der Waals surface area (Å²) >= 11 is 5.33. The van der Waals surface area contributed by atoms with E-state index < -0.39 is 0 Å². The monoisotopic (exact) mass is 284 g/mol. The van der Waals surface area contributed by atoms with Crippen LogP contribution in [0.2, 0.25) is 0 Å². The summed E-state index contributed by atoms with van der Waals surface area (Å²) in [6.07, 6.45) is 0. The van der Waals surface area contributed by atoms with Crippen LogP contribution in [0.4, 0.5) is 17.5 Å². The third kappa shape index (κ3) is 2.21. The Hall–Kier alpha value is -2.47. The van der Waals surface area contributed by atoms with Crippen LogP contribution in [-0.2, 0) is 7.05 Å². The zero-order valence-corrected chi connectivity index (χ0v) is 11.7. The Balaban J connectivity index is 2.09. The number of nitrogen functional groups attached to an aromatic ring is 1. The molecule has 5 nitrogen and oxygen atoms in total. The minimum atomic E-state index is 0.561. The van der Waals surface area contributed by atoms with Gasteiger partial charge in [0.15, 0.2) is 4.64 Å². The lowest BCUT2D eigenvalue weighted by Gasteiger charge is -2.07. The molecule has 0 saturated carbocycles. The fourth-order valence-corrected chi connectivity index (χ4v) is 2.17. The molecule has 4 N–H and O–H groups in total. The number of aromatic nitrogens is 3. The summed E-state index contributed by atoms with van der Waals surface area (Å²) in [6, 6.07) is 13.4. The van der Waals surface area contributed by atoms with Crippen molar-refractivity contribution in [1.82, 2.24) is 9.97 Å². The predicted octanol–water partition coefficient (Wildman–Crippen LogP) is 2.44. The van der Waals surface area contributed by atoms with Gasteiger partial charge >= 0.3 is 0 Å². The summed E-state index contributed by atoms with van der Waals surface area (Å²) in [5.41, 5.74) is 7.64. The number of anilines is 3. The van der Waals surface area contributed by atoms with Gasteiger partial charge in [-0.15, -0.1) is 0 Å². The van der Waals surface area contributed by atoms with E-state index in [4.69, 9.17) is 18.0 Å². The van der Waals surface area contributed by atoms with Gasteiger partial charge in [-0.3, -0.25) is 5.32 Å². The Bertz CT molecular complexity index is 840. The number of rotatable bonds is 2. The SMILES string of the molecule is C[n+]1c(N)cccc1Nc1nc2ccccc2[nH]c1=S. The maximum atomic E-state index is 5.87. The Morgan fingerprint density at radius 2 is 2.00 bits per heavy atom. The molecule has 20 heavy (non-hydrogen) atoms. The van der Waals surface area contributed by atoms with Crippen molar-refractivity contribution in [2.75, 3.05) is 11.1 Å². The van der Waals surface area contributed by atoms with Gasteiger partial charge in [0.2, 0.25) is 17.5 Å². The van der Waals surface area contributed by atoms with Gasteiger partial charge in [0.1, 0.15) is 0 Å². The average molecular weight is 284 g/mol. The van der Waals surface area contributed by atoms with E-state index in [-0.39, 0.29) is 0 Å². The Morgan fingerprint density at radius 3 is 2.85 bits per heavy atom. The van der Waals surface area contributed by atoms with Crippen molar-refractivity contribution < 1.29 is 4.57 Å². The zero-order chi connectivity index (χ0) is 14.1. The second kappa shape index (κ2) is 4.90. The summed E-state index contributed by atoms with van der Waals surface area (Å²) in [5, 5.41) is 3.21. The molecular formula is C14H14N5S+. The molecule has 6 heteroatoms. The molecule has 0 radical (unpaired) electrons. The van der Waals surface area contributed by atoms with Crippen LogP contribution in [0.15, 0.2) is 42.5 Å². The van der Waals surface area contributed by atoms with E-state index in [9.17, 15) is 0 Å². The number of nitrogens with one attached hydrogen (secondary N) is 2. The van der Waals surface area contributed by atoms with Crippen molar-refractivity contribution in [3.05, 3.63) is 47.1 Å². The van der Waals surface area contributed by atoms with Gasteiger partial charge in [-0.1, -0.05) is 24.4 Å². The van der Waals surface area contributed by atoms with Crippen molar-refractivity contribution in [2.24, 2.45) is 7.05 Å². The summed E-state index contributed by atoms with van der Waals surface area (Å²) < 4.78 is 2.40. The number of benzene rings is 1. The van der Waals surface area contributed by atoms with Crippen molar-refractivity contribution in [2.45, 2.75) is 0 Å². The van der Waals surface area contributed by atoms with E-state index in [2.05, 4.69) is 15.3 Å². The molecule has 2 aromatic heterocycles. The number of H-pyrrole nitrogens is 1. The molecule has 0 spiro atoms. The lowest BCUT2D eigenvalue weighted by Crippen LogP contribution is -2.35. The molecule has 2 heterocycles. The Kier molecular flexibility index (Phi) is 3.08. The summed E-state index contributed by atoms with van der Waals surface area (Å²) in [5.74, 6) is 2.10. The number of hydrogen-bond donors (Lipinski definition) is 3. The van der Waals surface area contributed by atoms with E-state index in [0.717, 1.165) is 16.9 Å². The second-order valence-corrected chi connectivity index (χ2v) is 4.86. The van der Waals surface area contributed by atoms with Crippen LogP contribution in [0.25, 0.3) is 11.0 Å². The molecule has 0 aliphatic heterocycles. The van der Waals surface area contributed by atoms with Gasteiger partial charge in [0, 0.05) is 12.1 Å². The highest BCUT2D eigenvalue weighted by Gasteiger charge is 2.10. The number of para-hydroxylation sites is 2. The fourth-order valence-electron chi connectivity index (χ4n) is 1.96. The van der Waals surface area contributed by atoms with Crippen LogP contribution in [0.5, 0.6) is 0 Å². The fraction of sp³-hybridized carbons (Fsp3) is 0.0714. The van der Waals surface area contributed by atoms with Gasteiger partial charge < -0.3 is 10.7 Å². The standard InChI is InChI=1S/C14H13N5S/c1-19-11(15)7-4-8-12(19)18-13-14(20)17-10-6-3-2-5-9(10)16-13/h2-8H,1H3,(H3,15,16,17,18,20)/p+1. The molecule has 0 bridgehead atoms. The minimum Gasteiger partial charge on any atom is -0.341 e. The van der Waals surface area contributed by atoms with Crippen LogP contribution < -0.4 is 15.6 Å². The molecule has 0 aliphatic rings. The van der Waals surface area contributed by atoms with E-state index >= 15 is 0 Å². The number of hydrogen-bond acceptors (Lipinski definition) is 4. The molecule has 3 rings (SSSR count). The van der Waals surface area contributed by atoms with E-state index in [0.29, 0.717) is 16.3 Å². The quantitative estimate of drug-likeness (QED) is 0.499. The number of pyridine rings is 1. The molecule has 0 unspecified atom stereocenters. The molecule has 0 atom stereocenters. The van der Waals surface area contributed by atoms with E-state index in [1.807, 2.05) is 54.1 Å². The molecule has 3 aromatic rings. The first-order valence-corrected chi connectivity index (χ1v) is 6.56. The summed E-state index contributed by atoms with van der Waals surface area (Å²) in [6.45, 7) is 0. The van der Waals surface area contributed by atoms with Gasteiger partial charge in [-0.05, 0) is 18.2 Å². The second-order valence-electron chi connectivity index (χ2n) is 4.45. The lowest BCUT2D eigenvalue weighted by atomic mass is 10.3. The van der Waals surface area contributed by atoms with Crippen molar-refractivity contribution in [3.63, 3.8) is 0 Å². The third-order valence-corrected chi connectivity index (χ3v) is 3.41. The van der Waals surface area contributed by atoms with E-state index in [1.54, 1.807) is 0 Å². The van der Waals surface area contributed by atoms with Gasteiger partial charge in [-0.25, -0.2) is 9.55 Å². The van der Waals surface area contributed by atoms with Crippen LogP contribution in [0.1, 0.15) is 0 Å². The molecule has 0 aliphatic carbocycles. The number of nitrogens with zero attached hydrogens (tertiary/aromatic N) is 2. The molecule has 100 valence electrons. The highest BCUT2D eigenvalue weighted by atomic mass is 32.1. The van der Waals surface area contributed by atoms with Crippen molar-refractivity contribution in [3.8, 4) is 0 Å². The smallest absolute Gasteiger partial charge is 0.227 e. The van der Waals surface area contributed by atoms with E-state index in [1.165, 1.54) is 0 Å². The molecule has 0 fully saturated rings. The third-order valence-electron chi connectivity index (χ3n) is 3.12. The van der Waals surface area contributed by atoms with Crippen molar-refractivity contribution >= 4 is 40.7 Å². The first-order chi connectivity index (χ1) is 9.65. The largest absolute Gasteiger partial charge is 0.341 e. The topological polar surface area (TPSA) is 70.6 Å². The van der Waals surface area contributed by atoms with Gasteiger partial charge in [0.05, 0.1) is 18.1 Å². The van der Waals surface area contributed by atoms with Crippen LogP contribution in [0.3, 0.4) is 0 Å². The molecular weight excluding hydrogens is 270 g/mol. The highest BCUT2D eigenvalue weighted by molar-refractivity contribution is 7.71. The number of nitrogens with two attached hydrogens (primary N) is 1. The molecule has 0 amide bonds. The zero-order valence-electron chi connectivity index (χ0n) is 10.9. The predicted molar refractivity (Wildman–Crippen MR) is 82.2 cm³/mol. The molecule has 1 aromatic carbocycles. The van der Waals surface area contributed by atoms with Crippen LogP contribution in [0, 0.1) is 4.64 Å². The van der Waals surface area contributed by atoms with Gasteiger partial charge in [0.25, 0.3) is 0 Å². The maximum Gasteiger partial charge on any atom is 0.227 e. The highest BCUT2D eigenvalue weighted by Crippen LogP contribution is 2.16. The van der Waals surface area contributed by atoms with Crippen molar-refractivity contribution in [1.29, 1.82) is 0 Å². The first kappa shape index (κ1) is 12.6.